The van der Waals surface area contributed by atoms with E-state index in [1.807, 2.05) is 18.5 Å². The van der Waals surface area contributed by atoms with E-state index < -0.39 is 0 Å². The molecule has 2 aromatic rings. The van der Waals surface area contributed by atoms with E-state index in [4.69, 9.17) is 11.6 Å². The molecular weight excluding hydrogens is 279 g/mol. The molecule has 0 N–H and O–H groups in total. The quantitative estimate of drug-likeness (QED) is 0.783. The third-order valence-electron chi connectivity index (χ3n) is 3.23. The molecular formula is C15H16ClFN2O. The summed E-state index contributed by atoms with van der Waals surface area (Å²) >= 11 is 6.06. The number of aromatic nitrogens is 2. The van der Waals surface area contributed by atoms with Crippen LogP contribution in [0.1, 0.15) is 34.6 Å². The third-order valence-corrected chi connectivity index (χ3v) is 3.78. The fourth-order valence-electron chi connectivity index (χ4n) is 2.06. The van der Waals surface area contributed by atoms with Crippen LogP contribution in [0.4, 0.5) is 4.39 Å². The molecule has 1 aromatic heterocycles. The van der Waals surface area contributed by atoms with Gasteiger partial charge in [0.15, 0.2) is 5.78 Å². The first kappa shape index (κ1) is 14.7. The average molecular weight is 295 g/mol. The van der Waals surface area contributed by atoms with Crippen LogP contribution in [0.3, 0.4) is 0 Å². The fraction of sp³-hybridized carbons (Fsp3) is 0.333. The van der Waals surface area contributed by atoms with Gasteiger partial charge in [0.05, 0.1) is 16.4 Å². The molecule has 0 unspecified atom stereocenters. The highest BCUT2D eigenvalue weighted by molar-refractivity contribution is 6.31. The summed E-state index contributed by atoms with van der Waals surface area (Å²) in [6, 6.07) is 5.62. The van der Waals surface area contributed by atoms with E-state index in [9.17, 15) is 9.18 Å². The molecule has 5 heteroatoms. The van der Waals surface area contributed by atoms with Gasteiger partial charge < -0.3 is 0 Å². The summed E-state index contributed by atoms with van der Waals surface area (Å²) in [6.45, 7) is 4.41. The Morgan fingerprint density at radius 1 is 1.30 bits per heavy atom. The Balaban J connectivity index is 1.91. The highest BCUT2D eigenvalue weighted by Crippen LogP contribution is 2.19. The molecule has 0 radical (unpaired) electrons. The molecule has 0 bridgehead atoms. The Labute approximate surface area is 122 Å². The fourth-order valence-corrected chi connectivity index (χ4v) is 2.20. The van der Waals surface area contributed by atoms with Gasteiger partial charge in [-0.05, 0) is 44.5 Å². The van der Waals surface area contributed by atoms with E-state index >= 15 is 0 Å². The van der Waals surface area contributed by atoms with Gasteiger partial charge >= 0.3 is 0 Å². The summed E-state index contributed by atoms with van der Waals surface area (Å²) in [5.41, 5.74) is 2.25. The molecule has 1 heterocycles. The lowest BCUT2D eigenvalue weighted by Crippen LogP contribution is -2.06. The lowest BCUT2D eigenvalue weighted by molar-refractivity contribution is 0.0978. The van der Waals surface area contributed by atoms with Crippen molar-refractivity contribution in [1.29, 1.82) is 0 Å². The Kier molecular flexibility index (Phi) is 4.55. The van der Waals surface area contributed by atoms with E-state index in [0.717, 1.165) is 11.4 Å². The van der Waals surface area contributed by atoms with Crippen LogP contribution >= 0.6 is 11.6 Å². The van der Waals surface area contributed by atoms with Crippen LogP contribution < -0.4 is 0 Å². The van der Waals surface area contributed by atoms with Gasteiger partial charge in [-0.2, -0.15) is 5.10 Å². The van der Waals surface area contributed by atoms with Crippen molar-refractivity contribution < 1.29 is 9.18 Å². The van der Waals surface area contributed by atoms with Crippen molar-refractivity contribution in [1.82, 2.24) is 9.78 Å². The number of halogens is 2. The minimum Gasteiger partial charge on any atom is -0.294 e. The van der Waals surface area contributed by atoms with Crippen LogP contribution in [0, 0.1) is 19.7 Å². The molecule has 0 saturated carbocycles. The molecule has 0 fully saturated rings. The molecule has 0 aliphatic rings. The first-order chi connectivity index (χ1) is 9.49. The lowest BCUT2D eigenvalue weighted by atomic mass is 10.1. The Hall–Kier alpha value is -1.68. The zero-order valence-corrected chi connectivity index (χ0v) is 12.2. The minimum atomic E-state index is -0.334. The molecule has 0 aliphatic heterocycles. The molecule has 0 aliphatic carbocycles. The standard InChI is InChI=1S/C15H16ClFN2O/c1-10-15(16)11(2)19(18-10)9-3-4-14(20)12-5-7-13(17)8-6-12/h5-8H,3-4,9H2,1-2H3. The highest BCUT2D eigenvalue weighted by atomic mass is 35.5. The molecule has 2 rings (SSSR count). The van der Waals surface area contributed by atoms with E-state index in [2.05, 4.69) is 5.10 Å². The van der Waals surface area contributed by atoms with Crippen molar-refractivity contribution in [3.05, 3.63) is 52.1 Å². The van der Waals surface area contributed by atoms with Gasteiger partial charge in [-0.15, -0.1) is 0 Å². The van der Waals surface area contributed by atoms with Crippen LogP contribution in [0.25, 0.3) is 0 Å². The number of ketones is 1. The third kappa shape index (κ3) is 3.25. The van der Waals surface area contributed by atoms with Crippen molar-refractivity contribution in [2.24, 2.45) is 0 Å². The van der Waals surface area contributed by atoms with Crippen LogP contribution in [0.5, 0.6) is 0 Å². The smallest absolute Gasteiger partial charge is 0.162 e. The normalized spacial score (nSPS) is 10.8. The zero-order chi connectivity index (χ0) is 14.7. The van der Waals surface area contributed by atoms with Crippen molar-refractivity contribution in [3.8, 4) is 0 Å². The number of hydrogen-bond donors (Lipinski definition) is 0. The molecule has 0 atom stereocenters. The Morgan fingerprint density at radius 3 is 2.50 bits per heavy atom. The summed E-state index contributed by atoms with van der Waals surface area (Å²) in [5.74, 6) is -0.323. The second-order valence-electron chi connectivity index (χ2n) is 4.74. The van der Waals surface area contributed by atoms with Crippen LogP contribution in [-0.4, -0.2) is 15.6 Å². The first-order valence-corrected chi connectivity index (χ1v) is 6.85. The molecule has 0 spiro atoms. The first-order valence-electron chi connectivity index (χ1n) is 6.47. The van der Waals surface area contributed by atoms with Crippen molar-refractivity contribution in [3.63, 3.8) is 0 Å². The molecule has 3 nitrogen and oxygen atoms in total. The maximum atomic E-state index is 12.8. The summed E-state index contributed by atoms with van der Waals surface area (Å²) in [5, 5.41) is 4.99. The van der Waals surface area contributed by atoms with Crippen molar-refractivity contribution in [2.45, 2.75) is 33.2 Å². The number of carbonyl (C=O) groups excluding carboxylic acids is 1. The predicted molar refractivity (Wildman–Crippen MR) is 76.7 cm³/mol. The van der Waals surface area contributed by atoms with E-state index in [1.165, 1.54) is 24.3 Å². The summed E-state index contributed by atoms with van der Waals surface area (Å²) in [6.07, 6.45) is 1.08. The number of Topliss-reactive ketones (excluding diaryl/α,β-unsaturated/α-hetero) is 1. The van der Waals surface area contributed by atoms with E-state index in [0.29, 0.717) is 30.0 Å². The molecule has 106 valence electrons. The van der Waals surface area contributed by atoms with E-state index in [-0.39, 0.29) is 11.6 Å². The Morgan fingerprint density at radius 2 is 1.95 bits per heavy atom. The van der Waals surface area contributed by atoms with Crippen LogP contribution in [0.2, 0.25) is 5.02 Å². The van der Waals surface area contributed by atoms with Crippen LogP contribution in [0.15, 0.2) is 24.3 Å². The lowest BCUT2D eigenvalue weighted by Gasteiger charge is -2.04. The van der Waals surface area contributed by atoms with Gasteiger partial charge in [0.2, 0.25) is 0 Å². The highest BCUT2D eigenvalue weighted by Gasteiger charge is 2.10. The van der Waals surface area contributed by atoms with Crippen molar-refractivity contribution in [2.75, 3.05) is 0 Å². The molecule has 0 saturated heterocycles. The molecule has 0 amide bonds. The number of benzene rings is 1. The maximum absolute atomic E-state index is 12.8. The SMILES string of the molecule is Cc1nn(CCCC(=O)c2ccc(F)cc2)c(C)c1Cl. The summed E-state index contributed by atoms with van der Waals surface area (Å²) < 4.78 is 14.6. The monoisotopic (exact) mass is 294 g/mol. The van der Waals surface area contributed by atoms with Gasteiger partial charge in [0.25, 0.3) is 0 Å². The van der Waals surface area contributed by atoms with Gasteiger partial charge in [-0.25, -0.2) is 4.39 Å². The number of aryl methyl sites for hydroxylation is 2. The van der Waals surface area contributed by atoms with Crippen molar-refractivity contribution >= 4 is 17.4 Å². The molecule has 1 aromatic carbocycles. The average Bonchev–Trinajstić information content (AvgIpc) is 2.67. The second kappa shape index (κ2) is 6.18. The predicted octanol–water partition coefficient (Wildman–Crippen LogP) is 3.96. The number of carbonyl (C=O) groups is 1. The second-order valence-corrected chi connectivity index (χ2v) is 5.12. The minimum absolute atomic E-state index is 0.0117. The van der Waals surface area contributed by atoms with Gasteiger partial charge in [-0.3, -0.25) is 9.48 Å². The zero-order valence-electron chi connectivity index (χ0n) is 11.5. The maximum Gasteiger partial charge on any atom is 0.162 e. The van der Waals surface area contributed by atoms with Gasteiger partial charge in [0.1, 0.15) is 5.82 Å². The largest absolute Gasteiger partial charge is 0.294 e. The molecule has 20 heavy (non-hydrogen) atoms. The summed E-state index contributed by atoms with van der Waals surface area (Å²) in [7, 11) is 0. The Bertz CT molecular complexity index is 620. The van der Waals surface area contributed by atoms with Gasteiger partial charge in [0, 0.05) is 18.5 Å². The number of hydrogen-bond acceptors (Lipinski definition) is 2. The van der Waals surface area contributed by atoms with E-state index in [1.54, 1.807) is 0 Å². The summed E-state index contributed by atoms with van der Waals surface area (Å²) in [4.78, 5) is 11.9. The topological polar surface area (TPSA) is 34.9 Å². The number of rotatable bonds is 5. The van der Waals surface area contributed by atoms with Gasteiger partial charge in [-0.1, -0.05) is 11.6 Å². The van der Waals surface area contributed by atoms with Crippen LogP contribution in [-0.2, 0) is 6.54 Å². The number of nitrogens with zero attached hydrogens (tertiary/aromatic N) is 2.